The topological polar surface area (TPSA) is 26.3 Å². The van der Waals surface area contributed by atoms with Crippen LogP contribution in [0.1, 0.15) is 34.1 Å². The molecule has 0 unspecified atom stereocenters. The van der Waals surface area contributed by atoms with Gasteiger partial charge in [-0.05, 0) is 19.3 Å². The fraction of sp³-hybridized carbons (Fsp3) is 0.889. The van der Waals surface area contributed by atoms with Crippen molar-refractivity contribution >= 4 is 6.29 Å². The van der Waals surface area contributed by atoms with Crippen LogP contribution in [0, 0.1) is 5.41 Å². The molecule has 0 radical (unpaired) electrons. The lowest BCUT2D eigenvalue weighted by atomic mass is 9.91. The molecule has 0 saturated heterocycles. The maximum absolute atomic E-state index is 10.2. The van der Waals surface area contributed by atoms with Crippen LogP contribution in [-0.4, -0.2) is 19.0 Å². The van der Waals surface area contributed by atoms with Gasteiger partial charge in [0.25, 0.3) is 0 Å². The van der Waals surface area contributed by atoms with Crippen LogP contribution >= 0.6 is 0 Å². The minimum absolute atomic E-state index is 0.00792. The van der Waals surface area contributed by atoms with E-state index in [-0.39, 0.29) is 11.5 Å². The van der Waals surface area contributed by atoms with E-state index >= 15 is 0 Å². The Bertz CT molecular complexity index is 117. The SMILES string of the molecule is CC(C)OCC(C)(C)CC=O. The zero-order valence-electron chi connectivity index (χ0n) is 7.89. The van der Waals surface area contributed by atoms with Crippen LogP contribution in [0.4, 0.5) is 0 Å². The van der Waals surface area contributed by atoms with Crippen molar-refractivity contribution in [1.82, 2.24) is 0 Å². The second-order valence-electron chi connectivity index (χ2n) is 3.89. The molecular weight excluding hydrogens is 140 g/mol. The molecule has 0 aliphatic rings. The first-order chi connectivity index (χ1) is 4.98. The van der Waals surface area contributed by atoms with E-state index in [9.17, 15) is 4.79 Å². The number of aldehydes is 1. The Labute approximate surface area is 68.9 Å². The molecule has 0 bridgehead atoms. The van der Waals surface area contributed by atoms with Gasteiger partial charge in [-0.2, -0.15) is 0 Å². The van der Waals surface area contributed by atoms with Crippen molar-refractivity contribution in [3.05, 3.63) is 0 Å². The van der Waals surface area contributed by atoms with Crippen LogP contribution in [0.2, 0.25) is 0 Å². The maximum atomic E-state index is 10.2. The lowest BCUT2D eigenvalue weighted by Gasteiger charge is -2.22. The van der Waals surface area contributed by atoms with Gasteiger partial charge >= 0.3 is 0 Å². The van der Waals surface area contributed by atoms with Gasteiger partial charge in [0.05, 0.1) is 12.7 Å². The summed E-state index contributed by atoms with van der Waals surface area (Å²) in [6.07, 6.45) is 1.77. The number of ether oxygens (including phenoxy) is 1. The molecule has 0 aromatic heterocycles. The summed E-state index contributed by atoms with van der Waals surface area (Å²) in [5, 5.41) is 0. The van der Waals surface area contributed by atoms with Gasteiger partial charge in [0, 0.05) is 6.42 Å². The fourth-order valence-electron chi connectivity index (χ4n) is 0.677. The molecule has 0 amide bonds. The van der Waals surface area contributed by atoms with E-state index < -0.39 is 0 Å². The lowest BCUT2D eigenvalue weighted by Crippen LogP contribution is -2.22. The van der Waals surface area contributed by atoms with Crippen molar-refractivity contribution in [1.29, 1.82) is 0 Å². The summed E-state index contributed by atoms with van der Waals surface area (Å²) >= 11 is 0. The fourth-order valence-corrected chi connectivity index (χ4v) is 0.677. The third kappa shape index (κ3) is 6.05. The summed E-state index contributed by atoms with van der Waals surface area (Å²) in [6, 6.07) is 0. The van der Waals surface area contributed by atoms with Gasteiger partial charge in [-0.25, -0.2) is 0 Å². The first-order valence-electron chi connectivity index (χ1n) is 4.03. The third-order valence-electron chi connectivity index (χ3n) is 1.44. The van der Waals surface area contributed by atoms with Crippen molar-refractivity contribution < 1.29 is 9.53 Å². The molecule has 0 aromatic rings. The summed E-state index contributed by atoms with van der Waals surface area (Å²) in [4.78, 5) is 10.2. The van der Waals surface area contributed by atoms with Gasteiger partial charge < -0.3 is 9.53 Å². The molecule has 2 nitrogen and oxygen atoms in total. The monoisotopic (exact) mass is 158 g/mol. The minimum atomic E-state index is -0.00792. The Hall–Kier alpha value is -0.370. The van der Waals surface area contributed by atoms with Crippen LogP contribution < -0.4 is 0 Å². The van der Waals surface area contributed by atoms with Crippen molar-refractivity contribution in [2.24, 2.45) is 5.41 Å². The first kappa shape index (κ1) is 10.6. The predicted octanol–water partition coefficient (Wildman–Crippen LogP) is 2.03. The molecule has 0 heterocycles. The highest BCUT2D eigenvalue weighted by atomic mass is 16.5. The molecule has 0 spiro atoms. The molecule has 0 aliphatic heterocycles. The number of carbonyl (C=O) groups excluding carboxylic acids is 1. The highest BCUT2D eigenvalue weighted by Gasteiger charge is 2.17. The molecule has 0 saturated carbocycles. The Morgan fingerprint density at radius 1 is 1.45 bits per heavy atom. The van der Waals surface area contributed by atoms with Gasteiger partial charge in [0.2, 0.25) is 0 Å². The standard InChI is InChI=1S/C9H18O2/c1-8(2)11-7-9(3,4)5-6-10/h6,8H,5,7H2,1-4H3. The molecule has 0 rings (SSSR count). The summed E-state index contributed by atoms with van der Waals surface area (Å²) in [7, 11) is 0. The summed E-state index contributed by atoms with van der Waals surface area (Å²) in [5.74, 6) is 0. The van der Waals surface area contributed by atoms with Crippen molar-refractivity contribution in [2.45, 2.75) is 40.2 Å². The van der Waals surface area contributed by atoms with Gasteiger partial charge in [0.1, 0.15) is 6.29 Å². The van der Waals surface area contributed by atoms with E-state index in [4.69, 9.17) is 4.74 Å². The molecule has 0 aliphatic carbocycles. The predicted molar refractivity (Wildman–Crippen MR) is 45.6 cm³/mol. The van der Waals surface area contributed by atoms with Gasteiger partial charge in [-0.3, -0.25) is 0 Å². The molecule has 11 heavy (non-hydrogen) atoms. The lowest BCUT2D eigenvalue weighted by molar-refractivity contribution is -0.110. The summed E-state index contributed by atoms with van der Waals surface area (Å²) in [6.45, 7) is 8.71. The average Bonchev–Trinajstić information content (AvgIpc) is 1.84. The van der Waals surface area contributed by atoms with Crippen LogP contribution in [0.3, 0.4) is 0 Å². The van der Waals surface area contributed by atoms with Crippen LogP contribution in [0.25, 0.3) is 0 Å². The number of carbonyl (C=O) groups is 1. The van der Waals surface area contributed by atoms with E-state index in [2.05, 4.69) is 0 Å². The van der Waals surface area contributed by atoms with E-state index in [1.165, 1.54) is 0 Å². The highest BCUT2D eigenvalue weighted by molar-refractivity contribution is 5.50. The van der Waals surface area contributed by atoms with Crippen molar-refractivity contribution in [3.8, 4) is 0 Å². The zero-order chi connectivity index (χ0) is 8.91. The summed E-state index contributed by atoms with van der Waals surface area (Å²) < 4.78 is 5.40. The number of hydrogen-bond donors (Lipinski definition) is 0. The quantitative estimate of drug-likeness (QED) is 0.572. The van der Waals surface area contributed by atoms with Gasteiger partial charge in [-0.1, -0.05) is 13.8 Å². The molecule has 2 heteroatoms. The molecule has 0 fully saturated rings. The minimum Gasteiger partial charge on any atom is -0.378 e. The van der Waals surface area contributed by atoms with Crippen LogP contribution in [0.5, 0.6) is 0 Å². The summed E-state index contributed by atoms with van der Waals surface area (Å²) in [5.41, 5.74) is -0.00792. The smallest absolute Gasteiger partial charge is 0.120 e. The van der Waals surface area contributed by atoms with Crippen molar-refractivity contribution in [2.75, 3.05) is 6.61 Å². The average molecular weight is 158 g/mol. The first-order valence-corrected chi connectivity index (χ1v) is 4.03. The van der Waals surface area contributed by atoms with Gasteiger partial charge in [-0.15, -0.1) is 0 Å². The van der Waals surface area contributed by atoms with E-state index in [0.717, 1.165) is 6.29 Å². The molecular formula is C9H18O2. The second kappa shape index (κ2) is 4.50. The zero-order valence-corrected chi connectivity index (χ0v) is 7.89. The molecule has 66 valence electrons. The Balaban J connectivity index is 3.62. The number of hydrogen-bond acceptors (Lipinski definition) is 2. The van der Waals surface area contributed by atoms with Crippen molar-refractivity contribution in [3.63, 3.8) is 0 Å². The third-order valence-corrected chi connectivity index (χ3v) is 1.44. The molecule has 0 aromatic carbocycles. The largest absolute Gasteiger partial charge is 0.378 e. The van der Waals surface area contributed by atoms with Crippen LogP contribution in [-0.2, 0) is 9.53 Å². The van der Waals surface area contributed by atoms with E-state index in [0.29, 0.717) is 13.0 Å². The molecule has 0 N–H and O–H groups in total. The second-order valence-corrected chi connectivity index (χ2v) is 3.89. The number of rotatable bonds is 5. The molecule has 0 atom stereocenters. The normalized spacial score (nSPS) is 12.1. The van der Waals surface area contributed by atoms with E-state index in [1.54, 1.807) is 0 Å². The van der Waals surface area contributed by atoms with E-state index in [1.807, 2.05) is 27.7 Å². The Morgan fingerprint density at radius 3 is 2.36 bits per heavy atom. The Kier molecular flexibility index (Phi) is 4.34. The highest BCUT2D eigenvalue weighted by Crippen LogP contribution is 2.19. The maximum Gasteiger partial charge on any atom is 0.120 e. The van der Waals surface area contributed by atoms with Gasteiger partial charge in [0.15, 0.2) is 0 Å². The Morgan fingerprint density at radius 2 is 2.00 bits per heavy atom. The van der Waals surface area contributed by atoms with Crippen LogP contribution in [0.15, 0.2) is 0 Å².